The average Bonchev–Trinajstić information content (AvgIpc) is 2.59. The quantitative estimate of drug-likeness (QED) is 0.740. The molecule has 0 aliphatic heterocycles. The van der Waals surface area contributed by atoms with Crippen molar-refractivity contribution in [1.29, 1.82) is 0 Å². The van der Waals surface area contributed by atoms with E-state index in [-0.39, 0.29) is 6.04 Å². The molecule has 0 saturated carbocycles. The molecule has 0 saturated heterocycles. The summed E-state index contributed by atoms with van der Waals surface area (Å²) in [6.07, 6.45) is 1.56. The lowest BCUT2D eigenvalue weighted by atomic mass is 10.1. The van der Waals surface area contributed by atoms with Crippen molar-refractivity contribution in [1.82, 2.24) is 9.97 Å². The number of anilines is 1. The van der Waals surface area contributed by atoms with Gasteiger partial charge in [-0.2, -0.15) is 0 Å². The Morgan fingerprint density at radius 3 is 2.50 bits per heavy atom. The molecule has 3 rings (SSSR count). The zero-order valence-corrected chi connectivity index (χ0v) is 14.5. The molecule has 0 spiro atoms. The molecule has 1 aromatic heterocycles. The molecule has 1 heterocycles. The number of nitrogens with zero attached hydrogens (tertiary/aromatic N) is 2. The summed E-state index contributed by atoms with van der Waals surface area (Å²) >= 11 is 6.05. The van der Waals surface area contributed by atoms with Gasteiger partial charge in [0.1, 0.15) is 6.33 Å². The minimum absolute atomic E-state index is 0.0351. The van der Waals surface area contributed by atoms with E-state index in [0.29, 0.717) is 16.5 Å². The maximum atomic E-state index is 6.05. The second-order valence-electron chi connectivity index (χ2n) is 5.36. The van der Waals surface area contributed by atoms with Crippen molar-refractivity contribution in [2.75, 3.05) is 19.5 Å². The number of benzene rings is 2. The number of halogens is 1. The first-order chi connectivity index (χ1) is 11.6. The molecule has 0 amide bonds. The molecule has 0 radical (unpaired) electrons. The van der Waals surface area contributed by atoms with Gasteiger partial charge in [0.05, 0.1) is 31.5 Å². The van der Waals surface area contributed by atoms with Gasteiger partial charge in [-0.3, -0.25) is 0 Å². The van der Waals surface area contributed by atoms with E-state index in [9.17, 15) is 0 Å². The van der Waals surface area contributed by atoms with Crippen LogP contribution in [0.3, 0.4) is 0 Å². The van der Waals surface area contributed by atoms with Crippen LogP contribution in [-0.2, 0) is 0 Å². The maximum Gasteiger partial charge on any atom is 0.162 e. The van der Waals surface area contributed by atoms with Crippen LogP contribution in [0, 0.1) is 0 Å². The first kappa shape index (κ1) is 16.3. The molecule has 0 bridgehead atoms. The second kappa shape index (κ2) is 6.93. The summed E-state index contributed by atoms with van der Waals surface area (Å²) in [5.41, 5.74) is 2.61. The lowest BCUT2D eigenvalue weighted by Crippen LogP contribution is -2.09. The van der Waals surface area contributed by atoms with Crippen molar-refractivity contribution in [2.45, 2.75) is 13.0 Å². The van der Waals surface area contributed by atoms with Gasteiger partial charge in [-0.1, -0.05) is 17.7 Å². The molecule has 1 atom stereocenters. The van der Waals surface area contributed by atoms with Gasteiger partial charge in [0.2, 0.25) is 0 Å². The first-order valence-electron chi connectivity index (χ1n) is 7.51. The number of nitrogens with one attached hydrogen (secondary N) is 1. The number of aromatic nitrogens is 2. The molecule has 5 nitrogen and oxygen atoms in total. The molecular weight excluding hydrogens is 326 g/mol. The van der Waals surface area contributed by atoms with Crippen LogP contribution >= 0.6 is 11.6 Å². The normalized spacial score (nSPS) is 12.0. The molecule has 0 aliphatic carbocycles. The zero-order valence-electron chi connectivity index (χ0n) is 13.7. The third-order valence-electron chi connectivity index (χ3n) is 3.79. The first-order valence-corrected chi connectivity index (χ1v) is 7.89. The summed E-state index contributed by atoms with van der Waals surface area (Å²) in [5.74, 6) is 1.29. The molecule has 6 heteroatoms. The maximum absolute atomic E-state index is 6.05. The summed E-state index contributed by atoms with van der Waals surface area (Å²) in [5, 5.41) is 5.01. The SMILES string of the molecule is COc1cc2ncnc(C(C)Nc3cccc(Cl)c3)c2cc1OC. The molecule has 24 heavy (non-hydrogen) atoms. The minimum Gasteiger partial charge on any atom is -0.493 e. The van der Waals surface area contributed by atoms with E-state index in [2.05, 4.69) is 15.3 Å². The molecule has 0 aliphatic rings. The smallest absolute Gasteiger partial charge is 0.162 e. The van der Waals surface area contributed by atoms with Crippen LogP contribution in [0.2, 0.25) is 5.02 Å². The Morgan fingerprint density at radius 2 is 1.79 bits per heavy atom. The zero-order chi connectivity index (χ0) is 17.1. The number of ether oxygens (including phenoxy) is 2. The Morgan fingerprint density at radius 1 is 1.04 bits per heavy atom. The Hall–Kier alpha value is -2.53. The van der Waals surface area contributed by atoms with Gasteiger partial charge in [0, 0.05) is 22.2 Å². The number of hydrogen-bond acceptors (Lipinski definition) is 5. The van der Waals surface area contributed by atoms with Crippen molar-refractivity contribution < 1.29 is 9.47 Å². The van der Waals surface area contributed by atoms with Gasteiger partial charge < -0.3 is 14.8 Å². The van der Waals surface area contributed by atoms with Crippen molar-refractivity contribution in [3.05, 3.63) is 53.4 Å². The highest BCUT2D eigenvalue weighted by molar-refractivity contribution is 6.30. The van der Waals surface area contributed by atoms with Crippen LogP contribution in [0.5, 0.6) is 11.5 Å². The molecule has 1 N–H and O–H groups in total. The monoisotopic (exact) mass is 343 g/mol. The van der Waals surface area contributed by atoms with E-state index in [1.807, 2.05) is 43.3 Å². The summed E-state index contributed by atoms with van der Waals surface area (Å²) in [6, 6.07) is 11.3. The highest BCUT2D eigenvalue weighted by Crippen LogP contribution is 2.34. The topological polar surface area (TPSA) is 56.3 Å². The highest BCUT2D eigenvalue weighted by atomic mass is 35.5. The predicted octanol–water partition coefficient (Wildman–Crippen LogP) is 4.47. The predicted molar refractivity (Wildman–Crippen MR) is 96.1 cm³/mol. The van der Waals surface area contributed by atoms with Gasteiger partial charge in [-0.25, -0.2) is 9.97 Å². The van der Waals surface area contributed by atoms with E-state index in [1.165, 1.54) is 0 Å². The van der Waals surface area contributed by atoms with Crippen LogP contribution in [0.25, 0.3) is 10.9 Å². The van der Waals surface area contributed by atoms with Crippen molar-refractivity contribution in [3.8, 4) is 11.5 Å². The summed E-state index contributed by atoms with van der Waals surface area (Å²) in [4.78, 5) is 8.79. The van der Waals surface area contributed by atoms with Crippen molar-refractivity contribution >= 4 is 28.2 Å². The van der Waals surface area contributed by atoms with Gasteiger partial charge in [-0.15, -0.1) is 0 Å². The van der Waals surface area contributed by atoms with E-state index in [0.717, 1.165) is 22.3 Å². The molecule has 3 aromatic rings. The molecule has 124 valence electrons. The molecule has 1 unspecified atom stereocenters. The standard InChI is InChI=1S/C18H18ClN3O2/c1-11(22-13-6-4-5-12(19)7-13)18-14-8-16(23-2)17(24-3)9-15(14)20-10-21-18/h4-11,22H,1-3H3. The molecule has 0 fully saturated rings. The lowest BCUT2D eigenvalue weighted by molar-refractivity contribution is 0.355. The van der Waals surface area contributed by atoms with Gasteiger partial charge in [-0.05, 0) is 31.2 Å². The Labute approximate surface area is 145 Å². The number of hydrogen-bond donors (Lipinski definition) is 1. The van der Waals surface area contributed by atoms with Crippen molar-refractivity contribution in [3.63, 3.8) is 0 Å². The van der Waals surface area contributed by atoms with E-state index in [4.69, 9.17) is 21.1 Å². The summed E-state index contributed by atoms with van der Waals surface area (Å²) in [7, 11) is 3.22. The lowest BCUT2D eigenvalue weighted by Gasteiger charge is -2.17. The van der Waals surface area contributed by atoms with Crippen LogP contribution in [0.15, 0.2) is 42.7 Å². The van der Waals surface area contributed by atoms with Gasteiger partial charge in [0.25, 0.3) is 0 Å². The van der Waals surface area contributed by atoms with E-state index >= 15 is 0 Å². The van der Waals surface area contributed by atoms with Crippen LogP contribution in [-0.4, -0.2) is 24.2 Å². The fourth-order valence-electron chi connectivity index (χ4n) is 2.64. The summed E-state index contributed by atoms with van der Waals surface area (Å²) < 4.78 is 10.7. The van der Waals surface area contributed by atoms with Gasteiger partial charge in [0.15, 0.2) is 11.5 Å². The fraction of sp³-hybridized carbons (Fsp3) is 0.222. The molecular formula is C18H18ClN3O2. The van der Waals surface area contributed by atoms with Crippen LogP contribution in [0.1, 0.15) is 18.7 Å². The largest absolute Gasteiger partial charge is 0.493 e. The van der Waals surface area contributed by atoms with Gasteiger partial charge >= 0.3 is 0 Å². The van der Waals surface area contributed by atoms with Crippen molar-refractivity contribution in [2.24, 2.45) is 0 Å². The van der Waals surface area contributed by atoms with Crippen LogP contribution < -0.4 is 14.8 Å². The minimum atomic E-state index is -0.0351. The highest BCUT2D eigenvalue weighted by Gasteiger charge is 2.15. The molecule has 2 aromatic carbocycles. The second-order valence-corrected chi connectivity index (χ2v) is 5.80. The number of fused-ring (bicyclic) bond motifs is 1. The Balaban J connectivity index is 2.02. The van der Waals surface area contributed by atoms with Crippen LogP contribution in [0.4, 0.5) is 5.69 Å². The summed E-state index contributed by atoms with van der Waals surface area (Å²) in [6.45, 7) is 2.04. The third-order valence-corrected chi connectivity index (χ3v) is 4.02. The fourth-order valence-corrected chi connectivity index (χ4v) is 2.84. The third kappa shape index (κ3) is 3.21. The number of methoxy groups -OCH3 is 2. The average molecular weight is 344 g/mol. The number of rotatable bonds is 5. The van der Waals surface area contributed by atoms with E-state index in [1.54, 1.807) is 20.5 Å². The van der Waals surface area contributed by atoms with E-state index < -0.39 is 0 Å². The Bertz CT molecular complexity index is 870. The Kier molecular flexibility index (Phi) is 4.71.